The first-order valence-electron chi connectivity index (χ1n) is 4.09. The molecular weight excluding hydrogens is 248 g/mol. The van der Waals surface area contributed by atoms with Gasteiger partial charge in [-0.25, -0.2) is 0 Å². The minimum absolute atomic E-state index is 0.00468. The van der Waals surface area contributed by atoms with Crippen LogP contribution in [0, 0.1) is 0 Å². The first-order chi connectivity index (χ1) is 6.65. The van der Waals surface area contributed by atoms with Gasteiger partial charge in [-0.15, -0.1) is 0 Å². The van der Waals surface area contributed by atoms with Crippen LogP contribution >= 0.6 is 15.9 Å². The zero-order chi connectivity index (χ0) is 10.6. The largest absolute Gasteiger partial charge is 0.395 e. The molecule has 1 amide bonds. The highest BCUT2D eigenvalue weighted by molar-refractivity contribution is 9.10. The maximum atomic E-state index is 11.0. The number of hydrogen-bond donors (Lipinski definition) is 3. The van der Waals surface area contributed by atoms with Crippen LogP contribution in [0.4, 0.5) is 5.69 Å². The first-order valence-corrected chi connectivity index (χ1v) is 4.88. The second-order valence-corrected chi connectivity index (χ2v) is 3.62. The molecule has 1 aromatic carbocycles. The predicted molar refractivity (Wildman–Crippen MR) is 58.2 cm³/mol. The van der Waals surface area contributed by atoms with Crippen molar-refractivity contribution >= 4 is 27.5 Å². The highest BCUT2D eigenvalue weighted by Gasteiger charge is 2.07. The lowest BCUT2D eigenvalue weighted by Crippen LogP contribution is -2.15. The van der Waals surface area contributed by atoms with Gasteiger partial charge in [-0.1, -0.05) is 15.9 Å². The summed E-state index contributed by atoms with van der Waals surface area (Å²) in [6, 6.07) is 5.12. The molecule has 1 rings (SSSR count). The zero-order valence-corrected chi connectivity index (χ0v) is 9.04. The van der Waals surface area contributed by atoms with Crippen LogP contribution in [0.15, 0.2) is 22.7 Å². The molecule has 0 saturated carbocycles. The van der Waals surface area contributed by atoms with Crippen LogP contribution in [-0.2, 0) is 0 Å². The summed E-state index contributed by atoms with van der Waals surface area (Å²) >= 11 is 3.28. The van der Waals surface area contributed by atoms with Gasteiger partial charge in [0.1, 0.15) is 0 Å². The van der Waals surface area contributed by atoms with E-state index in [9.17, 15) is 4.79 Å². The zero-order valence-electron chi connectivity index (χ0n) is 7.46. The molecule has 0 saturated heterocycles. The minimum Gasteiger partial charge on any atom is -0.395 e. The van der Waals surface area contributed by atoms with Crippen LogP contribution in [0.1, 0.15) is 10.4 Å². The molecule has 0 aliphatic carbocycles. The number of nitrogens with one attached hydrogen (secondary N) is 1. The van der Waals surface area contributed by atoms with Crippen molar-refractivity contribution in [2.75, 3.05) is 18.5 Å². The predicted octanol–water partition coefficient (Wildman–Crippen LogP) is 0.952. The lowest BCUT2D eigenvalue weighted by Gasteiger charge is -2.08. The van der Waals surface area contributed by atoms with Crippen molar-refractivity contribution < 1.29 is 9.90 Å². The molecule has 0 aromatic heterocycles. The van der Waals surface area contributed by atoms with E-state index in [0.717, 1.165) is 4.47 Å². The number of amides is 1. The summed E-state index contributed by atoms with van der Waals surface area (Å²) in [6.45, 7) is 0.390. The summed E-state index contributed by atoms with van der Waals surface area (Å²) in [4.78, 5) is 11.0. The molecule has 4 N–H and O–H groups in total. The fraction of sp³-hybridized carbons (Fsp3) is 0.222. The highest BCUT2D eigenvalue weighted by atomic mass is 79.9. The molecule has 0 fully saturated rings. The van der Waals surface area contributed by atoms with E-state index in [1.165, 1.54) is 0 Å². The maximum Gasteiger partial charge on any atom is 0.250 e. The SMILES string of the molecule is NC(=O)c1ccc(Br)cc1NCCO. The van der Waals surface area contributed by atoms with Gasteiger partial charge in [-0.3, -0.25) is 4.79 Å². The number of rotatable bonds is 4. The van der Waals surface area contributed by atoms with Gasteiger partial charge in [0, 0.05) is 16.7 Å². The van der Waals surface area contributed by atoms with Crippen molar-refractivity contribution in [3.8, 4) is 0 Å². The molecule has 4 nitrogen and oxygen atoms in total. The van der Waals surface area contributed by atoms with E-state index >= 15 is 0 Å². The number of anilines is 1. The van der Waals surface area contributed by atoms with Crippen LogP contribution in [0.3, 0.4) is 0 Å². The molecule has 1 aromatic rings. The van der Waals surface area contributed by atoms with Gasteiger partial charge in [0.05, 0.1) is 12.2 Å². The second-order valence-electron chi connectivity index (χ2n) is 2.70. The standard InChI is InChI=1S/C9H11BrN2O2/c10-6-1-2-7(9(11)14)8(5-6)12-3-4-13/h1-2,5,12-13H,3-4H2,(H2,11,14). The summed E-state index contributed by atoms with van der Waals surface area (Å²) in [5, 5.41) is 11.5. The number of aliphatic hydroxyl groups is 1. The van der Waals surface area contributed by atoms with Crippen LogP contribution in [-0.4, -0.2) is 24.2 Å². The van der Waals surface area contributed by atoms with E-state index in [4.69, 9.17) is 10.8 Å². The monoisotopic (exact) mass is 258 g/mol. The molecule has 0 radical (unpaired) electrons. The van der Waals surface area contributed by atoms with Crippen molar-refractivity contribution in [1.29, 1.82) is 0 Å². The van der Waals surface area contributed by atoms with E-state index in [1.807, 2.05) is 0 Å². The van der Waals surface area contributed by atoms with Crippen LogP contribution in [0.2, 0.25) is 0 Å². The normalized spacial score (nSPS) is 9.86. The molecule has 0 aliphatic heterocycles. The average molecular weight is 259 g/mol. The van der Waals surface area contributed by atoms with Crippen molar-refractivity contribution in [2.45, 2.75) is 0 Å². The van der Waals surface area contributed by atoms with Gasteiger partial charge in [0.2, 0.25) is 0 Å². The number of benzene rings is 1. The van der Waals surface area contributed by atoms with Crippen LogP contribution in [0.25, 0.3) is 0 Å². The van der Waals surface area contributed by atoms with E-state index in [1.54, 1.807) is 18.2 Å². The third-order valence-corrected chi connectivity index (χ3v) is 2.17. The van der Waals surface area contributed by atoms with Gasteiger partial charge in [0.15, 0.2) is 0 Å². The molecule has 0 bridgehead atoms. The summed E-state index contributed by atoms with van der Waals surface area (Å²) in [5.74, 6) is -0.488. The summed E-state index contributed by atoms with van der Waals surface area (Å²) < 4.78 is 0.850. The Morgan fingerprint density at radius 3 is 2.86 bits per heavy atom. The van der Waals surface area contributed by atoms with Crippen LogP contribution in [0.5, 0.6) is 0 Å². The Hall–Kier alpha value is -1.07. The van der Waals surface area contributed by atoms with Gasteiger partial charge in [-0.2, -0.15) is 0 Å². The summed E-state index contributed by atoms with van der Waals surface area (Å²) in [5.41, 5.74) is 6.22. The number of hydrogen-bond acceptors (Lipinski definition) is 3. The number of carbonyl (C=O) groups excluding carboxylic acids is 1. The van der Waals surface area contributed by atoms with Gasteiger partial charge in [0.25, 0.3) is 5.91 Å². The van der Waals surface area contributed by atoms with Crippen molar-refractivity contribution in [2.24, 2.45) is 5.73 Å². The molecule has 0 aliphatic rings. The third kappa shape index (κ3) is 2.71. The average Bonchev–Trinajstić information content (AvgIpc) is 2.14. The van der Waals surface area contributed by atoms with Crippen molar-refractivity contribution in [3.63, 3.8) is 0 Å². The number of aliphatic hydroxyl groups excluding tert-OH is 1. The minimum atomic E-state index is -0.488. The van der Waals surface area contributed by atoms with Crippen molar-refractivity contribution in [1.82, 2.24) is 0 Å². The molecule has 76 valence electrons. The number of primary amides is 1. The second kappa shape index (κ2) is 4.97. The Kier molecular flexibility index (Phi) is 3.91. The van der Waals surface area contributed by atoms with E-state index in [-0.39, 0.29) is 6.61 Å². The molecular formula is C9H11BrN2O2. The molecule has 5 heteroatoms. The molecule has 0 atom stereocenters. The Morgan fingerprint density at radius 1 is 1.57 bits per heavy atom. The molecule has 0 spiro atoms. The van der Waals surface area contributed by atoms with E-state index < -0.39 is 5.91 Å². The Labute approximate surface area is 90.2 Å². The molecule has 0 heterocycles. The lowest BCUT2D eigenvalue weighted by atomic mass is 10.1. The van der Waals surface area contributed by atoms with Crippen LogP contribution < -0.4 is 11.1 Å². The Balaban J connectivity index is 2.97. The molecule has 14 heavy (non-hydrogen) atoms. The third-order valence-electron chi connectivity index (χ3n) is 1.67. The fourth-order valence-corrected chi connectivity index (χ4v) is 1.43. The maximum absolute atomic E-state index is 11.0. The Bertz CT molecular complexity index is 342. The fourth-order valence-electron chi connectivity index (χ4n) is 1.07. The van der Waals surface area contributed by atoms with Gasteiger partial charge in [-0.05, 0) is 18.2 Å². The Morgan fingerprint density at radius 2 is 2.29 bits per heavy atom. The summed E-state index contributed by atoms with van der Waals surface area (Å²) in [6.07, 6.45) is 0. The number of nitrogens with two attached hydrogens (primary N) is 1. The quantitative estimate of drug-likeness (QED) is 0.753. The first kappa shape index (κ1) is 11.0. The number of halogens is 1. The van der Waals surface area contributed by atoms with E-state index in [0.29, 0.717) is 17.8 Å². The highest BCUT2D eigenvalue weighted by Crippen LogP contribution is 2.20. The van der Waals surface area contributed by atoms with E-state index in [2.05, 4.69) is 21.2 Å². The topological polar surface area (TPSA) is 75.4 Å². The van der Waals surface area contributed by atoms with Crippen molar-refractivity contribution in [3.05, 3.63) is 28.2 Å². The van der Waals surface area contributed by atoms with Gasteiger partial charge >= 0.3 is 0 Å². The lowest BCUT2D eigenvalue weighted by molar-refractivity contribution is 0.100. The van der Waals surface area contributed by atoms with Gasteiger partial charge < -0.3 is 16.2 Å². The summed E-state index contributed by atoms with van der Waals surface area (Å²) in [7, 11) is 0. The smallest absolute Gasteiger partial charge is 0.250 e. The molecule has 0 unspecified atom stereocenters. The number of carbonyl (C=O) groups is 1.